The van der Waals surface area contributed by atoms with Gasteiger partial charge < -0.3 is 20.5 Å². The second kappa shape index (κ2) is 6.18. The van der Waals surface area contributed by atoms with Crippen LogP contribution in [0.5, 0.6) is 5.75 Å². The van der Waals surface area contributed by atoms with E-state index in [1.807, 2.05) is 6.07 Å². The molecule has 0 aliphatic carbocycles. The Kier molecular flexibility index (Phi) is 4.34. The topological polar surface area (TPSA) is 97.4 Å². The van der Waals surface area contributed by atoms with Gasteiger partial charge in [-0.25, -0.2) is 0 Å². The zero-order valence-electron chi connectivity index (χ0n) is 10.3. The van der Waals surface area contributed by atoms with Crippen LogP contribution in [0.25, 0.3) is 0 Å². The van der Waals surface area contributed by atoms with Crippen LogP contribution in [0, 0.1) is 17.2 Å². The van der Waals surface area contributed by atoms with Crippen LogP contribution in [0.3, 0.4) is 0 Å². The number of amides is 1. The van der Waals surface area contributed by atoms with Crippen LogP contribution in [0.1, 0.15) is 0 Å². The summed E-state index contributed by atoms with van der Waals surface area (Å²) in [7, 11) is 0. The van der Waals surface area contributed by atoms with Gasteiger partial charge in [0.1, 0.15) is 11.8 Å². The number of benzene rings is 1. The first-order valence-corrected chi connectivity index (χ1v) is 5.94. The highest BCUT2D eigenvalue weighted by Crippen LogP contribution is 2.19. The first kappa shape index (κ1) is 13.3. The number of nitrogens with two attached hydrogens (primary N) is 1. The highest BCUT2D eigenvalue weighted by Gasteiger charge is 2.31. The summed E-state index contributed by atoms with van der Waals surface area (Å²) in [6, 6.07) is 8.49. The maximum absolute atomic E-state index is 12.0. The Morgan fingerprint density at radius 1 is 1.58 bits per heavy atom. The number of ether oxygens (including phenoxy) is 2. The fourth-order valence-corrected chi connectivity index (χ4v) is 1.86. The maximum Gasteiger partial charge on any atom is 0.231 e. The average molecular weight is 261 g/mol. The van der Waals surface area contributed by atoms with Gasteiger partial charge in [0.2, 0.25) is 5.91 Å². The van der Waals surface area contributed by atoms with E-state index in [9.17, 15) is 4.79 Å². The molecule has 0 saturated carbocycles. The molecule has 1 aromatic rings. The number of anilines is 1. The van der Waals surface area contributed by atoms with Crippen LogP contribution in [0.4, 0.5) is 5.69 Å². The van der Waals surface area contributed by atoms with Crippen molar-refractivity contribution in [2.24, 2.45) is 11.7 Å². The van der Waals surface area contributed by atoms with Crippen LogP contribution in [0.15, 0.2) is 24.3 Å². The fraction of sp³-hybridized carbons (Fsp3) is 0.385. The summed E-state index contributed by atoms with van der Waals surface area (Å²) in [6.07, 6.45) is 0. The Morgan fingerprint density at radius 2 is 2.42 bits per heavy atom. The summed E-state index contributed by atoms with van der Waals surface area (Å²) in [5, 5.41) is 11.2. The van der Waals surface area contributed by atoms with Crippen LogP contribution >= 0.6 is 0 Å². The smallest absolute Gasteiger partial charge is 0.231 e. The molecular weight excluding hydrogens is 246 g/mol. The molecule has 2 unspecified atom stereocenters. The standard InChI is InChI=1S/C13H15N3O3/c14-4-5-19-10-3-1-2-9(6-10)16-13(17)11-7-18-8-12(11)15/h1-3,6,11-12H,5,7-8,15H2,(H,16,17). The largest absolute Gasteiger partial charge is 0.479 e. The second-order valence-electron chi connectivity index (χ2n) is 4.27. The van der Waals surface area contributed by atoms with Crippen molar-refractivity contribution in [3.8, 4) is 11.8 Å². The van der Waals surface area contributed by atoms with Crippen molar-refractivity contribution in [1.29, 1.82) is 5.26 Å². The lowest BCUT2D eigenvalue weighted by Gasteiger charge is -2.13. The van der Waals surface area contributed by atoms with Gasteiger partial charge >= 0.3 is 0 Å². The zero-order valence-corrected chi connectivity index (χ0v) is 10.3. The van der Waals surface area contributed by atoms with E-state index >= 15 is 0 Å². The molecule has 1 aliphatic rings. The monoisotopic (exact) mass is 261 g/mol. The number of carbonyl (C=O) groups is 1. The molecule has 6 nitrogen and oxygen atoms in total. The molecule has 1 amide bonds. The number of hydrogen-bond donors (Lipinski definition) is 2. The van der Waals surface area contributed by atoms with Gasteiger partial charge in [0.15, 0.2) is 6.61 Å². The van der Waals surface area contributed by atoms with Gasteiger partial charge in [0, 0.05) is 17.8 Å². The molecule has 19 heavy (non-hydrogen) atoms. The Balaban J connectivity index is 1.98. The van der Waals surface area contributed by atoms with Gasteiger partial charge in [-0.05, 0) is 12.1 Å². The molecule has 1 aromatic carbocycles. The fourth-order valence-electron chi connectivity index (χ4n) is 1.86. The van der Waals surface area contributed by atoms with Gasteiger partial charge in [-0.3, -0.25) is 4.79 Å². The molecule has 100 valence electrons. The van der Waals surface area contributed by atoms with E-state index in [0.29, 0.717) is 24.7 Å². The van der Waals surface area contributed by atoms with Crippen LogP contribution in [0.2, 0.25) is 0 Å². The van der Waals surface area contributed by atoms with E-state index in [4.69, 9.17) is 20.5 Å². The minimum absolute atomic E-state index is 0.0290. The van der Waals surface area contributed by atoms with Gasteiger partial charge in [-0.15, -0.1) is 0 Å². The number of nitriles is 1. The molecule has 0 aromatic heterocycles. The molecule has 0 bridgehead atoms. The van der Waals surface area contributed by atoms with E-state index in [1.54, 1.807) is 24.3 Å². The van der Waals surface area contributed by atoms with Crippen molar-refractivity contribution in [2.45, 2.75) is 6.04 Å². The second-order valence-corrected chi connectivity index (χ2v) is 4.27. The molecule has 1 aliphatic heterocycles. The van der Waals surface area contributed by atoms with Gasteiger partial charge in [-0.1, -0.05) is 6.07 Å². The first-order chi connectivity index (χ1) is 9.20. The molecule has 3 N–H and O–H groups in total. The van der Waals surface area contributed by atoms with E-state index < -0.39 is 0 Å². The Morgan fingerprint density at radius 3 is 3.11 bits per heavy atom. The van der Waals surface area contributed by atoms with Crippen molar-refractivity contribution >= 4 is 11.6 Å². The number of nitrogens with zero attached hydrogens (tertiary/aromatic N) is 1. The zero-order chi connectivity index (χ0) is 13.7. The molecule has 6 heteroatoms. The summed E-state index contributed by atoms with van der Waals surface area (Å²) >= 11 is 0. The van der Waals surface area contributed by atoms with E-state index in [-0.39, 0.29) is 24.5 Å². The summed E-state index contributed by atoms with van der Waals surface area (Å²) in [4.78, 5) is 12.0. The van der Waals surface area contributed by atoms with Crippen molar-refractivity contribution in [1.82, 2.24) is 0 Å². The minimum atomic E-state index is -0.330. The molecule has 1 saturated heterocycles. The lowest BCUT2D eigenvalue weighted by Crippen LogP contribution is -2.37. The van der Waals surface area contributed by atoms with Crippen LogP contribution < -0.4 is 15.8 Å². The van der Waals surface area contributed by atoms with E-state index in [0.717, 1.165) is 0 Å². The molecule has 2 atom stereocenters. The molecule has 1 heterocycles. The van der Waals surface area contributed by atoms with Crippen molar-refractivity contribution < 1.29 is 14.3 Å². The summed E-state index contributed by atoms with van der Waals surface area (Å²) in [6.45, 7) is 0.722. The third kappa shape index (κ3) is 3.44. The SMILES string of the molecule is N#CCOc1cccc(NC(=O)C2COCC2N)c1. The molecular formula is C13H15N3O3. The third-order valence-electron chi connectivity index (χ3n) is 2.87. The summed E-state index contributed by atoms with van der Waals surface area (Å²) in [5.41, 5.74) is 6.39. The Hall–Kier alpha value is -2.10. The number of rotatable bonds is 4. The van der Waals surface area contributed by atoms with Gasteiger partial charge in [0.05, 0.1) is 19.1 Å². The molecule has 0 spiro atoms. The summed E-state index contributed by atoms with van der Waals surface area (Å²) in [5.74, 6) is 0.0393. The van der Waals surface area contributed by atoms with Gasteiger partial charge in [0.25, 0.3) is 0 Å². The average Bonchev–Trinajstić information content (AvgIpc) is 2.83. The minimum Gasteiger partial charge on any atom is -0.479 e. The number of carbonyl (C=O) groups excluding carboxylic acids is 1. The highest BCUT2D eigenvalue weighted by atomic mass is 16.5. The quantitative estimate of drug-likeness (QED) is 0.822. The Labute approximate surface area is 111 Å². The van der Waals surface area contributed by atoms with Crippen molar-refractivity contribution in [2.75, 3.05) is 25.1 Å². The molecule has 2 rings (SSSR count). The van der Waals surface area contributed by atoms with Crippen LogP contribution in [-0.4, -0.2) is 31.8 Å². The van der Waals surface area contributed by atoms with E-state index in [1.165, 1.54) is 0 Å². The van der Waals surface area contributed by atoms with Gasteiger partial charge in [-0.2, -0.15) is 5.26 Å². The lowest BCUT2D eigenvalue weighted by molar-refractivity contribution is -0.120. The third-order valence-corrected chi connectivity index (χ3v) is 2.87. The number of nitrogens with one attached hydrogen (secondary N) is 1. The van der Waals surface area contributed by atoms with E-state index in [2.05, 4.69) is 5.32 Å². The lowest BCUT2D eigenvalue weighted by atomic mass is 10.0. The maximum atomic E-state index is 12.0. The molecule has 0 radical (unpaired) electrons. The molecule has 1 fully saturated rings. The predicted molar refractivity (Wildman–Crippen MR) is 68.5 cm³/mol. The van der Waals surface area contributed by atoms with Crippen molar-refractivity contribution in [3.05, 3.63) is 24.3 Å². The van der Waals surface area contributed by atoms with Crippen LogP contribution in [-0.2, 0) is 9.53 Å². The number of hydrogen-bond acceptors (Lipinski definition) is 5. The van der Waals surface area contributed by atoms with Crippen molar-refractivity contribution in [3.63, 3.8) is 0 Å². The highest BCUT2D eigenvalue weighted by molar-refractivity contribution is 5.93. The first-order valence-electron chi connectivity index (χ1n) is 5.94. The predicted octanol–water partition coefficient (Wildman–Crippen LogP) is 0.501. The Bertz CT molecular complexity index is 498. The summed E-state index contributed by atoms with van der Waals surface area (Å²) < 4.78 is 10.3. The normalized spacial score (nSPS) is 21.7.